The van der Waals surface area contributed by atoms with Gasteiger partial charge in [0.15, 0.2) is 0 Å². The number of methoxy groups -OCH3 is 1. The molecule has 4 rings (SSSR count). The van der Waals surface area contributed by atoms with E-state index in [2.05, 4.69) is 4.90 Å². The molecule has 2 aliphatic heterocycles. The van der Waals surface area contributed by atoms with E-state index in [1.165, 1.54) is 12.1 Å². The van der Waals surface area contributed by atoms with E-state index in [0.717, 1.165) is 30.1 Å². The number of hydrogen-bond acceptors (Lipinski definition) is 4. The average Bonchev–Trinajstić information content (AvgIpc) is 2.80. The third-order valence-corrected chi connectivity index (χ3v) is 6.16. The molecule has 2 aliphatic rings. The molecule has 2 saturated heterocycles. The van der Waals surface area contributed by atoms with Crippen molar-refractivity contribution in [2.75, 3.05) is 51.4 Å². The van der Waals surface area contributed by atoms with Gasteiger partial charge in [-0.3, -0.25) is 4.79 Å². The Balaban J connectivity index is 1.50. The van der Waals surface area contributed by atoms with Crippen LogP contribution in [-0.4, -0.2) is 57.3 Å². The lowest BCUT2D eigenvalue weighted by molar-refractivity contribution is -0.141. The summed E-state index contributed by atoms with van der Waals surface area (Å²) in [6.45, 7) is 3.99. The van der Waals surface area contributed by atoms with Crippen LogP contribution >= 0.6 is 0 Å². The normalized spacial score (nSPS) is 19.1. The van der Waals surface area contributed by atoms with Gasteiger partial charge in [-0.2, -0.15) is 0 Å². The first kappa shape index (κ1) is 19.7. The summed E-state index contributed by atoms with van der Waals surface area (Å²) in [7, 11) is 1.64. The Bertz CT molecular complexity index is 824. The molecule has 2 aromatic carbocycles. The number of carbonyl (C=O) groups excluding carboxylic acids is 1. The highest BCUT2D eigenvalue weighted by molar-refractivity contribution is 5.88. The number of hydrogen-bond donors (Lipinski definition) is 0. The molecule has 0 atom stereocenters. The Morgan fingerprint density at radius 1 is 0.966 bits per heavy atom. The van der Waals surface area contributed by atoms with E-state index in [1.54, 1.807) is 19.2 Å². The summed E-state index contributed by atoms with van der Waals surface area (Å²) in [6.07, 6.45) is 1.38. The van der Waals surface area contributed by atoms with E-state index in [4.69, 9.17) is 9.47 Å². The molecular formula is C23H27FN2O3. The molecule has 5 nitrogen and oxygen atoms in total. The van der Waals surface area contributed by atoms with Gasteiger partial charge in [-0.05, 0) is 54.8 Å². The van der Waals surface area contributed by atoms with Gasteiger partial charge < -0.3 is 19.3 Å². The van der Waals surface area contributed by atoms with Gasteiger partial charge in [-0.15, -0.1) is 0 Å². The molecule has 2 fully saturated rings. The van der Waals surface area contributed by atoms with Crippen molar-refractivity contribution in [2.45, 2.75) is 18.3 Å². The molecule has 0 unspecified atom stereocenters. The monoisotopic (exact) mass is 398 g/mol. The van der Waals surface area contributed by atoms with Gasteiger partial charge in [0.2, 0.25) is 5.91 Å². The lowest BCUT2D eigenvalue weighted by atomic mass is 9.73. The summed E-state index contributed by atoms with van der Waals surface area (Å²) in [5.41, 5.74) is 1.49. The topological polar surface area (TPSA) is 42.0 Å². The predicted molar refractivity (Wildman–Crippen MR) is 110 cm³/mol. The molecule has 0 aromatic heterocycles. The van der Waals surface area contributed by atoms with Gasteiger partial charge in [0.25, 0.3) is 0 Å². The third-order valence-electron chi connectivity index (χ3n) is 6.16. The van der Waals surface area contributed by atoms with Crippen LogP contribution in [0, 0.1) is 5.82 Å². The first-order valence-corrected chi connectivity index (χ1v) is 10.1. The van der Waals surface area contributed by atoms with E-state index in [0.29, 0.717) is 39.1 Å². The van der Waals surface area contributed by atoms with E-state index < -0.39 is 5.41 Å². The van der Waals surface area contributed by atoms with Crippen LogP contribution in [0.15, 0.2) is 48.5 Å². The fourth-order valence-corrected chi connectivity index (χ4v) is 4.38. The number of amides is 1. The van der Waals surface area contributed by atoms with E-state index in [9.17, 15) is 9.18 Å². The maximum absolute atomic E-state index is 13.7. The van der Waals surface area contributed by atoms with Crippen LogP contribution in [0.5, 0.6) is 5.75 Å². The summed E-state index contributed by atoms with van der Waals surface area (Å²) in [5, 5.41) is 0. The van der Waals surface area contributed by atoms with Crippen molar-refractivity contribution in [2.24, 2.45) is 0 Å². The molecule has 2 aromatic rings. The number of benzene rings is 2. The standard InChI is InChI=1S/C23H27FN2O3/c1-28-21-8-2-18(3-9-21)23(10-16-29-17-11-23)22(27)26-14-12-25(13-15-26)20-6-4-19(24)5-7-20/h2-9H,10-17H2,1H3. The number of piperazine rings is 1. The fraction of sp³-hybridized carbons (Fsp3) is 0.435. The summed E-state index contributed by atoms with van der Waals surface area (Å²) in [4.78, 5) is 17.9. The molecule has 0 spiro atoms. The molecule has 0 bridgehead atoms. The Hall–Kier alpha value is -2.60. The molecule has 2 heterocycles. The van der Waals surface area contributed by atoms with E-state index >= 15 is 0 Å². The first-order valence-electron chi connectivity index (χ1n) is 10.1. The Morgan fingerprint density at radius 3 is 2.17 bits per heavy atom. The highest BCUT2D eigenvalue weighted by Gasteiger charge is 2.44. The zero-order valence-corrected chi connectivity index (χ0v) is 16.8. The molecule has 0 aliphatic carbocycles. The highest BCUT2D eigenvalue weighted by atomic mass is 19.1. The second-order valence-corrected chi connectivity index (χ2v) is 7.68. The molecular weight excluding hydrogens is 371 g/mol. The van der Waals surface area contributed by atoms with Crippen LogP contribution < -0.4 is 9.64 Å². The predicted octanol–water partition coefficient (Wildman–Crippen LogP) is 3.23. The number of carbonyl (C=O) groups is 1. The maximum atomic E-state index is 13.7. The number of ether oxygens (including phenoxy) is 2. The van der Waals surface area contributed by atoms with Crippen LogP contribution in [0.2, 0.25) is 0 Å². The highest BCUT2D eigenvalue weighted by Crippen LogP contribution is 2.38. The van der Waals surface area contributed by atoms with Crippen molar-refractivity contribution < 1.29 is 18.7 Å². The minimum atomic E-state index is -0.539. The SMILES string of the molecule is COc1ccc(C2(C(=O)N3CCN(c4ccc(F)cc4)CC3)CCOCC2)cc1. The van der Waals surface area contributed by atoms with Gasteiger partial charge in [0.05, 0.1) is 12.5 Å². The lowest BCUT2D eigenvalue weighted by Gasteiger charge is -2.43. The largest absolute Gasteiger partial charge is 0.497 e. The second kappa shape index (κ2) is 8.41. The quantitative estimate of drug-likeness (QED) is 0.793. The zero-order valence-electron chi connectivity index (χ0n) is 16.8. The van der Waals surface area contributed by atoms with Crippen molar-refractivity contribution in [1.29, 1.82) is 0 Å². The molecule has 1 amide bonds. The van der Waals surface area contributed by atoms with Crippen molar-refractivity contribution in [3.05, 3.63) is 59.9 Å². The lowest BCUT2D eigenvalue weighted by Crippen LogP contribution is -2.56. The van der Waals surface area contributed by atoms with Crippen LogP contribution in [0.3, 0.4) is 0 Å². The van der Waals surface area contributed by atoms with Crippen molar-refractivity contribution in [3.8, 4) is 5.75 Å². The van der Waals surface area contributed by atoms with E-state index in [-0.39, 0.29) is 11.7 Å². The summed E-state index contributed by atoms with van der Waals surface area (Å²) in [6, 6.07) is 14.4. The minimum absolute atomic E-state index is 0.185. The molecule has 6 heteroatoms. The number of nitrogens with zero attached hydrogens (tertiary/aromatic N) is 2. The Morgan fingerprint density at radius 2 is 1.59 bits per heavy atom. The smallest absolute Gasteiger partial charge is 0.233 e. The van der Waals surface area contributed by atoms with Crippen LogP contribution in [-0.2, 0) is 14.9 Å². The average molecular weight is 398 g/mol. The molecule has 0 saturated carbocycles. The van der Waals surface area contributed by atoms with Crippen molar-refractivity contribution in [1.82, 2.24) is 4.90 Å². The zero-order chi connectivity index (χ0) is 20.3. The molecule has 0 radical (unpaired) electrons. The second-order valence-electron chi connectivity index (χ2n) is 7.68. The number of rotatable bonds is 4. The summed E-state index contributed by atoms with van der Waals surface area (Å²) < 4.78 is 24.0. The molecule has 154 valence electrons. The van der Waals surface area contributed by atoms with Crippen LogP contribution in [0.1, 0.15) is 18.4 Å². The number of anilines is 1. The van der Waals surface area contributed by atoms with Crippen molar-refractivity contribution in [3.63, 3.8) is 0 Å². The maximum Gasteiger partial charge on any atom is 0.233 e. The van der Waals surface area contributed by atoms with Gasteiger partial charge in [-0.25, -0.2) is 4.39 Å². The fourth-order valence-electron chi connectivity index (χ4n) is 4.38. The van der Waals surface area contributed by atoms with Gasteiger partial charge in [0.1, 0.15) is 11.6 Å². The first-order chi connectivity index (χ1) is 14.1. The third kappa shape index (κ3) is 3.94. The molecule has 0 N–H and O–H groups in total. The summed E-state index contributed by atoms with van der Waals surface area (Å²) in [5.74, 6) is 0.740. The summed E-state index contributed by atoms with van der Waals surface area (Å²) >= 11 is 0. The number of halogens is 1. The molecule has 29 heavy (non-hydrogen) atoms. The van der Waals surface area contributed by atoms with Gasteiger partial charge >= 0.3 is 0 Å². The van der Waals surface area contributed by atoms with Gasteiger partial charge in [0, 0.05) is 45.1 Å². The Kier molecular flexibility index (Phi) is 5.72. The van der Waals surface area contributed by atoms with Crippen LogP contribution in [0.4, 0.5) is 10.1 Å². The minimum Gasteiger partial charge on any atom is -0.497 e. The van der Waals surface area contributed by atoms with E-state index in [1.807, 2.05) is 29.2 Å². The van der Waals surface area contributed by atoms with Crippen LogP contribution in [0.25, 0.3) is 0 Å². The van der Waals surface area contributed by atoms with Crippen molar-refractivity contribution >= 4 is 11.6 Å². The van der Waals surface area contributed by atoms with Gasteiger partial charge in [-0.1, -0.05) is 12.1 Å². The Labute approximate surface area is 171 Å².